The van der Waals surface area contributed by atoms with Crippen LogP contribution in [0.25, 0.3) is 0 Å². The fourth-order valence-electron chi connectivity index (χ4n) is 2.80. The Hall–Kier alpha value is -1.07. The van der Waals surface area contributed by atoms with E-state index in [-0.39, 0.29) is 17.9 Å². The van der Waals surface area contributed by atoms with E-state index < -0.39 is 9.84 Å². The maximum absolute atomic E-state index is 11.6. The SMILES string of the molecule is CS(=O)(=O)C1CCCC(Nc2ccc(CCO)cc2)C1. The molecule has 2 atom stereocenters. The minimum absolute atomic E-state index is 0.158. The van der Waals surface area contributed by atoms with Gasteiger partial charge in [0, 0.05) is 24.6 Å². The summed E-state index contributed by atoms with van der Waals surface area (Å²) in [7, 11) is -2.93. The number of aliphatic hydroxyl groups excluding tert-OH is 1. The Labute approximate surface area is 121 Å². The molecular weight excluding hydrogens is 274 g/mol. The summed E-state index contributed by atoms with van der Waals surface area (Å²) in [4.78, 5) is 0. The molecule has 1 saturated carbocycles. The molecule has 1 aliphatic carbocycles. The fourth-order valence-corrected chi connectivity index (χ4v) is 3.97. The summed E-state index contributed by atoms with van der Waals surface area (Å²) in [5, 5.41) is 12.1. The first kappa shape index (κ1) is 15.3. The van der Waals surface area contributed by atoms with Gasteiger partial charge in [-0.2, -0.15) is 0 Å². The van der Waals surface area contributed by atoms with Crippen molar-refractivity contribution >= 4 is 15.5 Å². The monoisotopic (exact) mass is 297 g/mol. The molecule has 0 aromatic heterocycles. The second-order valence-corrected chi connectivity index (χ2v) is 7.96. The highest BCUT2D eigenvalue weighted by Crippen LogP contribution is 2.26. The number of aliphatic hydroxyl groups is 1. The average Bonchev–Trinajstić information content (AvgIpc) is 2.41. The van der Waals surface area contributed by atoms with Crippen LogP contribution < -0.4 is 5.32 Å². The van der Waals surface area contributed by atoms with Crippen LogP contribution in [0.3, 0.4) is 0 Å². The van der Waals surface area contributed by atoms with Gasteiger partial charge in [-0.05, 0) is 43.4 Å². The molecule has 0 heterocycles. The van der Waals surface area contributed by atoms with Crippen LogP contribution in [0.2, 0.25) is 0 Å². The molecule has 0 aliphatic heterocycles. The van der Waals surface area contributed by atoms with Gasteiger partial charge in [-0.1, -0.05) is 18.6 Å². The highest BCUT2D eigenvalue weighted by Gasteiger charge is 2.28. The van der Waals surface area contributed by atoms with E-state index in [1.54, 1.807) is 0 Å². The Morgan fingerprint density at radius 3 is 2.55 bits per heavy atom. The van der Waals surface area contributed by atoms with Crippen molar-refractivity contribution in [3.8, 4) is 0 Å². The number of anilines is 1. The van der Waals surface area contributed by atoms with E-state index in [2.05, 4.69) is 5.32 Å². The quantitative estimate of drug-likeness (QED) is 0.872. The smallest absolute Gasteiger partial charge is 0.150 e. The molecule has 0 bridgehead atoms. The summed E-state index contributed by atoms with van der Waals surface area (Å²) in [6.45, 7) is 0.158. The number of rotatable bonds is 5. The van der Waals surface area contributed by atoms with Crippen molar-refractivity contribution < 1.29 is 13.5 Å². The van der Waals surface area contributed by atoms with Crippen molar-refractivity contribution in [2.45, 2.75) is 43.4 Å². The number of sulfone groups is 1. The van der Waals surface area contributed by atoms with Crippen LogP contribution in [0.15, 0.2) is 24.3 Å². The minimum Gasteiger partial charge on any atom is -0.396 e. The van der Waals surface area contributed by atoms with E-state index in [1.807, 2.05) is 24.3 Å². The molecule has 5 heteroatoms. The largest absolute Gasteiger partial charge is 0.396 e. The molecule has 4 nitrogen and oxygen atoms in total. The van der Waals surface area contributed by atoms with Gasteiger partial charge in [-0.3, -0.25) is 0 Å². The zero-order valence-electron chi connectivity index (χ0n) is 11.9. The third-order valence-electron chi connectivity index (χ3n) is 3.96. The van der Waals surface area contributed by atoms with Crippen molar-refractivity contribution in [1.82, 2.24) is 0 Å². The Bertz CT molecular complexity index is 525. The van der Waals surface area contributed by atoms with Crippen molar-refractivity contribution in [3.05, 3.63) is 29.8 Å². The van der Waals surface area contributed by atoms with Crippen molar-refractivity contribution in [3.63, 3.8) is 0 Å². The lowest BCUT2D eigenvalue weighted by atomic mass is 9.94. The first-order valence-corrected chi connectivity index (χ1v) is 9.09. The summed E-state index contributed by atoms with van der Waals surface area (Å²) >= 11 is 0. The zero-order chi connectivity index (χ0) is 14.6. The molecule has 20 heavy (non-hydrogen) atoms. The van der Waals surface area contributed by atoms with E-state index in [4.69, 9.17) is 5.11 Å². The van der Waals surface area contributed by atoms with Gasteiger partial charge in [0.15, 0.2) is 0 Å². The summed E-state index contributed by atoms with van der Waals surface area (Å²) < 4.78 is 23.3. The molecule has 1 aliphatic rings. The third-order valence-corrected chi connectivity index (χ3v) is 5.60. The maximum Gasteiger partial charge on any atom is 0.150 e. The maximum atomic E-state index is 11.6. The van der Waals surface area contributed by atoms with Gasteiger partial charge < -0.3 is 10.4 Å². The molecule has 1 aromatic carbocycles. The molecule has 1 aromatic rings. The zero-order valence-corrected chi connectivity index (χ0v) is 12.7. The summed E-state index contributed by atoms with van der Waals surface area (Å²) in [6.07, 6.45) is 5.45. The van der Waals surface area contributed by atoms with E-state index in [0.717, 1.165) is 30.5 Å². The van der Waals surface area contributed by atoms with Gasteiger partial charge >= 0.3 is 0 Å². The van der Waals surface area contributed by atoms with Gasteiger partial charge in [0.05, 0.1) is 5.25 Å². The first-order chi connectivity index (χ1) is 9.49. The van der Waals surface area contributed by atoms with E-state index >= 15 is 0 Å². The molecular formula is C15H23NO3S. The Kier molecular flexibility index (Phi) is 5.05. The van der Waals surface area contributed by atoms with Crippen LogP contribution in [0.5, 0.6) is 0 Å². The van der Waals surface area contributed by atoms with Crippen molar-refractivity contribution in [2.24, 2.45) is 0 Å². The van der Waals surface area contributed by atoms with Crippen LogP contribution in [-0.4, -0.2) is 37.7 Å². The summed E-state index contributed by atoms with van der Waals surface area (Å²) in [5.74, 6) is 0. The predicted molar refractivity (Wildman–Crippen MR) is 81.7 cm³/mol. The lowest BCUT2D eigenvalue weighted by molar-refractivity contribution is 0.299. The van der Waals surface area contributed by atoms with Crippen LogP contribution >= 0.6 is 0 Å². The molecule has 2 N–H and O–H groups in total. The van der Waals surface area contributed by atoms with Crippen molar-refractivity contribution in [2.75, 3.05) is 18.2 Å². The molecule has 0 saturated heterocycles. The van der Waals surface area contributed by atoms with Gasteiger partial charge in [-0.15, -0.1) is 0 Å². The highest BCUT2D eigenvalue weighted by atomic mass is 32.2. The normalized spacial score (nSPS) is 23.5. The van der Waals surface area contributed by atoms with Crippen LogP contribution in [0, 0.1) is 0 Å². The van der Waals surface area contributed by atoms with Gasteiger partial charge in [0.2, 0.25) is 0 Å². The first-order valence-electron chi connectivity index (χ1n) is 7.14. The fraction of sp³-hybridized carbons (Fsp3) is 0.600. The number of nitrogens with one attached hydrogen (secondary N) is 1. The molecule has 0 radical (unpaired) electrons. The number of benzene rings is 1. The molecule has 2 unspecified atom stereocenters. The summed E-state index contributed by atoms with van der Waals surface area (Å²) in [6, 6.07) is 8.21. The molecule has 0 amide bonds. The molecule has 2 rings (SSSR count). The van der Waals surface area contributed by atoms with E-state index in [9.17, 15) is 8.42 Å². The Morgan fingerprint density at radius 2 is 1.95 bits per heavy atom. The predicted octanol–water partition coefficient (Wildman–Crippen LogP) is 1.99. The minimum atomic E-state index is -2.93. The van der Waals surface area contributed by atoms with Crippen LogP contribution in [0.1, 0.15) is 31.2 Å². The highest BCUT2D eigenvalue weighted by molar-refractivity contribution is 7.91. The number of hydrogen-bond acceptors (Lipinski definition) is 4. The van der Waals surface area contributed by atoms with Gasteiger partial charge in [-0.25, -0.2) is 8.42 Å². The van der Waals surface area contributed by atoms with Crippen LogP contribution in [0.4, 0.5) is 5.69 Å². The van der Waals surface area contributed by atoms with Crippen molar-refractivity contribution in [1.29, 1.82) is 0 Å². The topological polar surface area (TPSA) is 66.4 Å². The van der Waals surface area contributed by atoms with E-state index in [0.29, 0.717) is 12.8 Å². The van der Waals surface area contributed by atoms with Gasteiger partial charge in [0.1, 0.15) is 9.84 Å². The summed E-state index contributed by atoms with van der Waals surface area (Å²) in [5.41, 5.74) is 2.13. The molecule has 1 fully saturated rings. The van der Waals surface area contributed by atoms with Gasteiger partial charge in [0.25, 0.3) is 0 Å². The average molecular weight is 297 g/mol. The van der Waals surface area contributed by atoms with E-state index in [1.165, 1.54) is 6.26 Å². The number of hydrogen-bond donors (Lipinski definition) is 2. The second kappa shape index (κ2) is 6.59. The second-order valence-electron chi connectivity index (χ2n) is 5.63. The lowest BCUT2D eigenvalue weighted by Crippen LogP contribution is -2.34. The van der Waals surface area contributed by atoms with Crippen LogP contribution in [-0.2, 0) is 16.3 Å². The molecule has 0 spiro atoms. The Morgan fingerprint density at radius 1 is 1.25 bits per heavy atom. The lowest BCUT2D eigenvalue weighted by Gasteiger charge is -2.29. The Balaban J connectivity index is 1.95. The standard InChI is InChI=1S/C15H23NO3S/c1-20(18,19)15-4-2-3-14(11-15)16-13-7-5-12(6-8-13)9-10-17/h5-8,14-17H,2-4,9-11H2,1H3. The third kappa shape index (κ3) is 4.21. The molecule has 112 valence electrons.